The van der Waals surface area contributed by atoms with Crippen molar-refractivity contribution < 1.29 is 19.1 Å². The van der Waals surface area contributed by atoms with Crippen LogP contribution < -0.4 is 10.2 Å². The van der Waals surface area contributed by atoms with E-state index in [1.54, 1.807) is 31.4 Å². The molecule has 142 valence electrons. The summed E-state index contributed by atoms with van der Waals surface area (Å²) < 4.78 is 10.2. The molecule has 6 heteroatoms. The topological polar surface area (TPSA) is 67.9 Å². The number of anilines is 2. The fourth-order valence-corrected chi connectivity index (χ4v) is 3.27. The third-order valence-corrected chi connectivity index (χ3v) is 4.84. The quantitative estimate of drug-likeness (QED) is 0.820. The lowest BCUT2D eigenvalue weighted by Gasteiger charge is -2.33. The number of esters is 1. The van der Waals surface area contributed by atoms with E-state index in [2.05, 4.69) is 10.2 Å². The van der Waals surface area contributed by atoms with Crippen molar-refractivity contribution in [1.29, 1.82) is 0 Å². The van der Waals surface area contributed by atoms with Crippen LogP contribution in [0.15, 0.2) is 48.5 Å². The van der Waals surface area contributed by atoms with E-state index < -0.39 is 5.97 Å². The van der Waals surface area contributed by atoms with Gasteiger partial charge in [0, 0.05) is 31.6 Å². The smallest absolute Gasteiger partial charge is 0.338 e. The number of rotatable bonds is 5. The maximum Gasteiger partial charge on any atom is 0.338 e. The molecule has 0 aromatic heterocycles. The fourth-order valence-electron chi connectivity index (χ4n) is 3.27. The summed E-state index contributed by atoms with van der Waals surface area (Å²) in [6, 6.07) is 14.3. The monoisotopic (exact) mass is 368 g/mol. The number of ether oxygens (including phenoxy) is 2. The normalized spacial score (nSPS) is 14.7. The van der Waals surface area contributed by atoms with Gasteiger partial charge in [0.25, 0.3) is 5.91 Å². The number of carbonyl (C=O) groups is 2. The molecule has 0 radical (unpaired) electrons. The highest BCUT2D eigenvalue weighted by Crippen LogP contribution is 2.23. The number of hydrogen-bond donors (Lipinski definition) is 1. The molecule has 1 amide bonds. The molecule has 0 spiro atoms. The van der Waals surface area contributed by atoms with Crippen LogP contribution >= 0.6 is 0 Å². The number of amides is 1. The van der Waals surface area contributed by atoms with Gasteiger partial charge in [-0.2, -0.15) is 0 Å². The number of hydrogen-bond acceptors (Lipinski definition) is 5. The average molecular weight is 368 g/mol. The minimum Gasteiger partial charge on any atom is -0.465 e. The average Bonchev–Trinajstić information content (AvgIpc) is 2.73. The largest absolute Gasteiger partial charge is 0.465 e. The summed E-state index contributed by atoms with van der Waals surface area (Å²) >= 11 is 0. The molecule has 0 aliphatic carbocycles. The van der Waals surface area contributed by atoms with Crippen molar-refractivity contribution in [1.82, 2.24) is 0 Å². The van der Waals surface area contributed by atoms with E-state index in [0.717, 1.165) is 31.6 Å². The molecule has 0 bridgehead atoms. The number of carbonyl (C=O) groups excluding carboxylic acids is 2. The Morgan fingerprint density at radius 2 is 1.59 bits per heavy atom. The Kier molecular flexibility index (Phi) is 6.08. The third-order valence-electron chi connectivity index (χ3n) is 4.84. The Bertz CT molecular complexity index is 796. The fraction of sp³-hybridized carbons (Fsp3) is 0.333. The number of nitrogens with one attached hydrogen (secondary N) is 1. The Morgan fingerprint density at radius 1 is 0.963 bits per heavy atom. The molecular formula is C21H24N2O4. The lowest BCUT2D eigenvalue weighted by Crippen LogP contribution is -2.36. The molecule has 27 heavy (non-hydrogen) atoms. The van der Waals surface area contributed by atoms with Crippen LogP contribution in [-0.4, -0.2) is 45.3 Å². The second-order valence-corrected chi connectivity index (χ2v) is 6.46. The SMILES string of the molecule is COC(=O)c1ccccc1C(=O)Nc1ccc(N2CCC(OC)CC2)cc1. The van der Waals surface area contributed by atoms with E-state index in [9.17, 15) is 9.59 Å². The van der Waals surface area contributed by atoms with Gasteiger partial charge in [-0.15, -0.1) is 0 Å². The molecule has 1 heterocycles. The predicted octanol–water partition coefficient (Wildman–Crippen LogP) is 3.34. The van der Waals surface area contributed by atoms with Gasteiger partial charge in [-0.3, -0.25) is 4.79 Å². The van der Waals surface area contributed by atoms with Crippen molar-refractivity contribution >= 4 is 23.3 Å². The Balaban J connectivity index is 1.67. The second-order valence-electron chi connectivity index (χ2n) is 6.46. The molecule has 1 saturated heterocycles. The zero-order valence-electron chi connectivity index (χ0n) is 15.6. The summed E-state index contributed by atoms with van der Waals surface area (Å²) in [4.78, 5) is 26.7. The molecular weight excluding hydrogens is 344 g/mol. The zero-order valence-corrected chi connectivity index (χ0v) is 15.6. The highest BCUT2D eigenvalue weighted by molar-refractivity contribution is 6.11. The van der Waals surface area contributed by atoms with Gasteiger partial charge >= 0.3 is 5.97 Å². The van der Waals surface area contributed by atoms with Gasteiger partial charge in [0.2, 0.25) is 0 Å². The third kappa shape index (κ3) is 4.46. The molecule has 3 rings (SSSR count). The van der Waals surface area contributed by atoms with Gasteiger partial charge < -0.3 is 19.7 Å². The maximum atomic E-state index is 12.6. The molecule has 1 aliphatic rings. The minimum absolute atomic E-state index is 0.245. The van der Waals surface area contributed by atoms with Crippen LogP contribution in [-0.2, 0) is 9.47 Å². The van der Waals surface area contributed by atoms with Gasteiger partial charge in [0.05, 0.1) is 24.3 Å². The number of benzene rings is 2. The Labute approximate surface area is 159 Å². The van der Waals surface area contributed by atoms with Gasteiger partial charge in [-0.05, 0) is 49.2 Å². The number of piperidine rings is 1. The van der Waals surface area contributed by atoms with Crippen molar-refractivity contribution in [3.63, 3.8) is 0 Å². The van der Waals surface area contributed by atoms with Crippen LogP contribution in [0, 0.1) is 0 Å². The van der Waals surface area contributed by atoms with Gasteiger partial charge in [-0.1, -0.05) is 12.1 Å². The van der Waals surface area contributed by atoms with Crippen molar-refractivity contribution in [2.45, 2.75) is 18.9 Å². The lowest BCUT2D eigenvalue weighted by atomic mass is 10.1. The van der Waals surface area contributed by atoms with E-state index in [1.165, 1.54) is 7.11 Å². The summed E-state index contributed by atoms with van der Waals surface area (Å²) in [5.41, 5.74) is 2.33. The summed E-state index contributed by atoms with van der Waals surface area (Å²) in [6.45, 7) is 1.91. The van der Waals surface area contributed by atoms with Crippen molar-refractivity contribution in [3.05, 3.63) is 59.7 Å². The second kappa shape index (κ2) is 8.68. The van der Waals surface area contributed by atoms with E-state index >= 15 is 0 Å². The first-order chi connectivity index (χ1) is 13.1. The first-order valence-corrected chi connectivity index (χ1v) is 8.99. The van der Waals surface area contributed by atoms with Gasteiger partial charge in [0.15, 0.2) is 0 Å². The molecule has 6 nitrogen and oxygen atoms in total. The standard InChI is InChI=1S/C21H24N2O4/c1-26-17-11-13-23(14-12-17)16-9-7-15(8-10-16)22-20(24)18-5-3-4-6-19(18)21(25)27-2/h3-10,17H,11-14H2,1-2H3,(H,22,24). The van der Waals surface area contributed by atoms with Crippen LogP contribution in [0.4, 0.5) is 11.4 Å². The van der Waals surface area contributed by atoms with E-state index in [4.69, 9.17) is 9.47 Å². The van der Waals surface area contributed by atoms with Crippen molar-refractivity contribution in [2.24, 2.45) is 0 Å². The molecule has 1 aliphatic heterocycles. The molecule has 0 saturated carbocycles. The van der Waals surface area contributed by atoms with Crippen LogP contribution in [0.3, 0.4) is 0 Å². The van der Waals surface area contributed by atoms with Crippen LogP contribution in [0.1, 0.15) is 33.6 Å². The zero-order chi connectivity index (χ0) is 19.2. The first-order valence-electron chi connectivity index (χ1n) is 8.99. The molecule has 2 aromatic carbocycles. The highest BCUT2D eigenvalue weighted by atomic mass is 16.5. The molecule has 1 fully saturated rings. The summed E-state index contributed by atoms with van der Waals surface area (Å²) in [5.74, 6) is -0.875. The van der Waals surface area contributed by atoms with E-state index in [1.807, 2.05) is 24.3 Å². The van der Waals surface area contributed by atoms with Crippen molar-refractivity contribution in [3.8, 4) is 0 Å². The number of nitrogens with zero attached hydrogens (tertiary/aromatic N) is 1. The van der Waals surface area contributed by atoms with E-state index in [0.29, 0.717) is 11.8 Å². The summed E-state index contributed by atoms with van der Waals surface area (Å²) in [7, 11) is 3.06. The highest BCUT2D eigenvalue weighted by Gasteiger charge is 2.19. The summed E-state index contributed by atoms with van der Waals surface area (Å²) in [6.07, 6.45) is 2.37. The lowest BCUT2D eigenvalue weighted by molar-refractivity contribution is 0.0597. The van der Waals surface area contributed by atoms with Gasteiger partial charge in [0.1, 0.15) is 0 Å². The number of methoxy groups -OCH3 is 2. The Hall–Kier alpha value is -2.86. The summed E-state index contributed by atoms with van der Waals surface area (Å²) in [5, 5.41) is 2.84. The Morgan fingerprint density at radius 3 is 2.19 bits per heavy atom. The predicted molar refractivity (Wildman–Crippen MR) is 104 cm³/mol. The van der Waals surface area contributed by atoms with Crippen LogP contribution in [0.5, 0.6) is 0 Å². The maximum absolute atomic E-state index is 12.6. The van der Waals surface area contributed by atoms with Gasteiger partial charge in [-0.25, -0.2) is 4.79 Å². The molecule has 0 unspecified atom stereocenters. The van der Waals surface area contributed by atoms with Crippen molar-refractivity contribution in [2.75, 3.05) is 37.5 Å². The molecule has 2 aromatic rings. The molecule has 1 N–H and O–H groups in total. The molecule has 0 atom stereocenters. The van der Waals surface area contributed by atoms with Crippen LogP contribution in [0.2, 0.25) is 0 Å². The van der Waals surface area contributed by atoms with Crippen LogP contribution in [0.25, 0.3) is 0 Å². The first kappa shape index (κ1) is 18.9. The minimum atomic E-state index is -0.532. The van der Waals surface area contributed by atoms with E-state index in [-0.39, 0.29) is 17.0 Å².